The van der Waals surface area contributed by atoms with Crippen LogP contribution in [0.1, 0.15) is 24.3 Å². The van der Waals surface area contributed by atoms with Crippen molar-refractivity contribution in [3.05, 3.63) is 163 Å². The molecule has 0 spiro atoms. The summed E-state index contributed by atoms with van der Waals surface area (Å²) in [6.45, 7) is 0. The number of benzene rings is 6. The Morgan fingerprint density at radius 1 is 0.358 bits per heavy atom. The first-order chi connectivity index (χ1) is 26.2. The Morgan fingerprint density at radius 2 is 0.868 bits per heavy atom. The number of fused-ring (bicyclic) bond motifs is 1. The number of nitrogens with zero attached hydrogens (tertiary/aromatic N) is 5. The number of aromatic nitrogens is 5. The van der Waals surface area contributed by atoms with E-state index in [4.69, 9.17) is 24.9 Å². The maximum Gasteiger partial charge on any atom is 0.164 e. The van der Waals surface area contributed by atoms with E-state index < -0.39 is 0 Å². The molecule has 0 radical (unpaired) electrons. The second-order valence-electron chi connectivity index (χ2n) is 14.9. The Morgan fingerprint density at radius 3 is 1.51 bits per heavy atom. The van der Waals surface area contributed by atoms with Crippen molar-refractivity contribution in [2.75, 3.05) is 0 Å². The molecule has 2 atom stereocenters. The fourth-order valence-electron chi connectivity index (χ4n) is 9.35. The van der Waals surface area contributed by atoms with Gasteiger partial charge in [0.25, 0.3) is 0 Å². The molecule has 0 saturated heterocycles. The molecule has 3 aliphatic carbocycles. The molecule has 3 fully saturated rings. The molecule has 0 N–H and O–H groups in total. The molecule has 3 aliphatic rings. The van der Waals surface area contributed by atoms with E-state index >= 15 is 0 Å². The van der Waals surface area contributed by atoms with Gasteiger partial charge in [-0.05, 0) is 83.0 Å². The van der Waals surface area contributed by atoms with Crippen LogP contribution in [0.3, 0.4) is 0 Å². The summed E-state index contributed by atoms with van der Waals surface area (Å²) in [6, 6.07) is 54.8. The zero-order valence-electron chi connectivity index (χ0n) is 29.0. The Kier molecular flexibility index (Phi) is 6.94. The topological polar surface area (TPSA) is 64.5 Å². The number of hydrogen-bond acceptors (Lipinski definition) is 5. The summed E-state index contributed by atoms with van der Waals surface area (Å²) in [6.07, 6.45) is 2.82. The predicted molar refractivity (Wildman–Crippen MR) is 211 cm³/mol. The fraction of sp³-hybridized carbons (Fsp3) is 0.146. The summed E-state index contributed by atoms with van der Waals surface area (Å²) in [5.74, 6) is 7.07. The van der Waals surface area contributed by atoms with Gasteiger partial charge in [-0.1, -0.05) is 133 Å². The number of hydrogen-bond donors (Lipinski definition) is 0. The lowest BCUT2D eigenvalue weighted by Crippen LogP contribution is -2.65. The van der Waals surface area contributed by atoms with Gasteiger partial charge in [-0.3, -0.25) is 0 Å². The second kappa shape index (κ2) is 12.1. The van der Waals surface area contributed by atoms with Crippen molar-refractivity contribution in [2.45, 2.75) is 18.8 Å². The van der Waals surface area contributed by atoms with Crippen molar-refractivity contribution in [3.8, 4) is 68.1 Å². The SMILES string of the molecule is c1ccc(-c2nc(-c3ccccc3)nc(-c3cccc(-c4cc(-c5ccc6ccccc6c5)nc(-c5cccc(C6C7CC8CC6C87)c5)n4)c3)n2)cc1. The summed E-state index contributed by atoms with van der Waals surface area (Å²) in [7, 11) is 0. The van der Waals surface area contributed by atoms with Crippen LogP contribution in [0.2, 0.25) is 0 Å². The van der Waals surface area contributed by atoms with E-state index in [1.807, 2.05) is 60.7 Å². The van der Waals surface area contributed by atoms with Gasteiger partial charge in [0.2, 0.25) is 0 Å². The van der Waals surface area contributed by atoms with Crippen LogP contribution in [0.5, 0.6) is 0 Å². The van der Waals surface area contributed by atoms with E-state index in [9.17, 15) is 0 Å². The Labute approximate surface area is 308 Å². The van der Waals surface area contributed by atoms with Crippen LogP contribution in [0.15, 0.2) is 158 Å². The van der Waals surface area contributed by atoms with Crippen LogP contribution in [-0.4, -0.2) is 24.9 Å². The third-order valence-corrected chi connectivity index (χ3v) is 12.0. The molecule has 53 heavy (non-hydrogen) atoms. The van der Waals surface area contributed by atoms with Crippen LogP contribution in [-0.2, 0) is 0 Å². The molecule has 3 saturated carbocycles. The standard InChI is InChI=1S/C48H35N5/c1-3-12-30(13-4-1)45-51-46(31-14-5-2-6-15-31)53-48(52-45)36-19-9-17-33(24-36)41-28-42(34-22-21-29-11-7-8-16-32(29)23-34)50-47(49-41)37-20-10-18-35(25-37)43-39-26-38-27-40(43)44(38)39/h1-25,28,38-40,43-44H,26-27H2. The van der Waals surface area contributed by atoms with Gasteiger partial charge in [0.05, 0.1) is 11.4 Å². The largest absolute Gasteiger partial charge is 0.228 e. The summed E-state index contributed by atoms with van der Waals surface area (Å²) in [5.41, 5.74) is 9.10. The van der Waals surface area contributed by atoms with E-state index in [-0.39, 0.29) is 0 Å². The fourth-order valence-corrected chi connectivity index (χ4v) is 9.35. The first-order valence-corrected chi connectivity index (χ1v) is 18.7. The molecule has 0 aliphatic heterocycles. The van der Waals surface area contributed by atoms with Gasteiger partial charge >= 0.3 is 0 Å². The highest BCUT2D eigenvalue weighted by atomic mass is 15.0. The first-order valence-electron chi connectivity index (χ1n) is 18.7. The monoisotopic (exact) mass is 681 g/mol. The van der Waals surface area contributed by atoms with Crippen LogP contribution >= 0.6 is 0 Å². The quantitative estimate of drug-likeness (QED) is 0.167. The summed E-state index contributed by atoms with van der Waals surface area (Å²) < 4.78 is 0. The Bertz CT molecular complexity index is 2600. The summed E-state index contributed by atoms with van der Waals surface area (Å²) >= 11 is 0. The van der Waals surface area contributed by atoms with Gasteiger partial charge in [0.15, 0.2) is 23.3 Å². The lowest BCUT2D eigenvalue weighted by atomic mass is 9.31. The average Bonchev–Trinajstić information content (AvgIpc) is 3.23. The molecule has 2 heterocycles. The molecule has 2 unspecified atom stereocenters. The molecule has 252 valence electrons. The van der Waals surface area contributed by atoms with Crippen molar-refractivity contribution in [2.24, 2.45) is 23.7 Å². The van der Waals surface area contributed by atoms with Crippen LogP contribution in [0.25, 0.3) is 78.8 Å². The van der Waals surface area contributed by atoms with Crippen LogP contribution in [0, 0.1) is 23.7 Å². The summed E-state index contributed by atoms with van der Waals surface area (Å²) in [4.78, 5) is 25.4. The molecule has 11 rings (SSSR count). The smallest absolute Gasteiger partial charge is 0.164 e. The molecule has 0 amide bonds. The maximum atomic E-state index is 5.28. The van der Waals surface area contributed by atoms with Crippen LogP contribution in [0.4, 0.5) is 0 Å². The highest BCUT2D eigenvalue weighted by Crippen LogP contribution is 2.75. The van der Waals surface area contributed by atoms with Gasteiger partial charge < -0.3 is 0 Å². The van der Waals surface area contributed by atoms with E-state index in [0.29, 0.717) is 23.4 Å². The van der Waals surface area contributed by atoms with E-state index in [1.54, 1.807) is 0 Å². The van der Waals surface area contributed by atoms with Crippen molar-refractivity contribution in [1.29, 1.82) is 0 Å². The number of rotatable bonds is 7. The zero-order valence-corrected chi connectivity index (χ0v) is 29.0. The molecule has 5 nitrogen and oxygen atoms in total. The molecule has 0 bridgehead atoms. The van der Waals surface area contributed by atoms with Gasteiger partial charge in [-0.25, -0.2) is 24.9 Å². The molecular formula is C48H35N5. The van der Waals surface area contributed by atoms with Gasteiger partial charge in [-0.2, -0.15) is 0 Å². The molecular weight excluding hydrogens is 647 g/mol. The van der Waals surface area contributed by atoms with Gasteiger partial charge in [0, 0.05) is 33.4 Å². The Hall–Kier alpha value is -6.33. The highest BCUT2D eigenvalue weighted by Gasteiger charge is 2.67. The van der Waals surface area contributed by atoms with Gasteiger partial charge in [-0.15, -0.1) is 0 Å². The normalized spacial score (nSPS) is 20.9. The first kappa shape index (κ1) is 30.3. The third kappa shape index (κ3) is 5.18. The molecule has 8 aromatic rings. The Balaban J connectivity index is 1.04. The predicted octanol–water partition coefficient (Wildman–Crippen LogP) is 11.2. The minimum absolute atomic E-state index is 0.615. The minimum atomic E-state index is 0.615. The van der Waals surface area contributed by atoms with Crippen molar-refractivity contribution < 1.29 is 0 Å². The van der Waals surface area contributed by atoms with E-state index in [2.05, 4.69) is 97.1 Å². The summed E-state index contributed by atoms with van der Waals surface area (Å²) in [5, 5.41) is 2.40. The minimum Gasteiger partial charge on any atom is -0.228 e. The van der Waals surface area contributed by atoms with Crippen LogP contribution < -0.4 is 0 Å². The lowest BCUT2D eigenvalue weighted by molar-refractivity contribution is -0.214. The third-order valence-electron chi connectivity index (χ3n) is 12.0. The molecule has 2 aromatic heterocycles. The van der Waals surface area contributed by atoms with Gasteiger partial charge in [0.1, 0.15) is 0 Å². The average molecular weight is 682 g/mol. The second-order valence-corrected chi connectivity index (χ2v) is 14.9. The zero-order chi connectivity index (χ0) is 34.9. The van der Waals surface area contributed by atoms with Crippen molar-refractivity contribution >= 4 is 10.8 Å². The van der Waals surface area contributed by atoms with E-state index in [1.165, 1.54) is 29.2 Å². The maximum absolute atomic E-state index is 5.28. The van der Waals surface area contributed by atoms with Crippen molar-refractivity contribution in [1.82, 2.24) is 24.9 Å². The lowest BCUT2D eigenvalue weighted by Gasteiger charge is -2.73. The van der Waals surface area contributed by atoms with Crippen molar-refractivity contribution in [3.63, 3.8) is 0 Å². The molecule has 6 aromatic carbocycles. The highest BCUT2D eigenvalue weighted by molar-refractivity contribution is 5.87. The van der Waals surface area contributed by atoms with E-state index in [0.717, 1.165) is 74.3 Å². The molecule has 5 heteroatoms.